The number of nitrogens with one attached hydrogen (secondary N) is 2. The molecule has 1 aliphatic heterocycles. The van der Waals surface area contributed by atoms with Crippen LogP contribution in [0.4, 0.5) is 0 Å². The van der Waals surface area contributed by atoms with Gasteiger partial charge in [-0.2, -0.15) is 5.10 Å². The van der Waals surface area contributed by atoms with Gasteiger partial charge in [0.1, 0.15) is 11.9 Å². The van der Waals surface area contributed by atoms with Gasteiger partial charge in [-0.1, -0.05) is 26.0 Å². The normalized spacial score (nSPS) is 16.7. The lowest BCUT2D eigenvalue weighted by Crippen LogP contribution is -2.38. The van der Waals surface area contributed by atoms with Crippen molar-refractivity contribution in [3.63, 3.8) is 0 Å². The SMILES string of the molecule is CC(C)[C@H](N=C1NS(=O)(=O)c2ccccc21)C(=O)NCc1ccnc(-n2cccn2)c1. The number of aromatic nitrogens is 3. The van der Waals surface area contributed by atoms with E-state index in [4.69, 9.17) is 0 Å². The lowest BCUT2D eigenvalue weighted by atomic mass is 10.0. The number of sulfonamides is 1. The fourth-order valence-corrected chi connectivity index (χ4v) is 4.51. The molecule has 2 N–H and O–H groups in total. The van der Waals surface area contributed by atoms with Crippen LogP contribution in [-0.2, 0) is 21.4 Å². The zero-order valence-corrected chi connectivity index (χ0v) is 17.9. The van der Waals surface area contributed by atoms with Crippen LogP contribution in [0.2, 0.25) is 0 Å². The van der Waals surface area contributed by atoms with Gasteiger partial charge in [0.25, 0.3) is 10.0 Å². The van der Waals surface area contributed by atoms with Crippen molar-refractivity contribution in [1.29, 1.82) is 0 Å². The number of carbonyl (C=O) groups is 1. The van der Waals surface area contributed by atoms with E-state index in [-0.39, 0.29) is 29.1 Å². The first-order valence-corrected chi connectivity index (χ1v) is 11.3. The van der Waals surface area contributed by atoms with Crippen LogP contribution in [0.5, 0.6) is 0 Å². The summed E-state index contributed by atoms with van der Waals surface area (Å²) >= 11 is 0. The first-order chi connectivity index (χ1) is 14.8. The summed E-state index contributed by atoms with van der Waals surface area (Å²) in [6, 6.07) is 11.3. The van der Waals surface area contributed by atoms with Gasteiger partial charge in [-0.25, -0.2) is 18.1 Å². The van der Waals surface area contributed by atoms with Gasteiger partial charge in [0, 0.05) is 30.7 Å². The first kappa shape index (κ1) is 20.7. The van der Waals surface area contributed by atoms with Crippen LogP contribution in [0.3, 0.4) is 0 Å². The number of hydrogen-bond donors (Lipinski definition) is 2. The molecule has 0 unspecified atom stereocenters. The number of rotatable bonds is 6. The van der Waals surface area contributed by atoms with Crippen LogP contribution in [-0.4, -0.2) is 41.0 Å². The molecule has 0 spiro atoms. The summed E-state index contributed by atoms with van der Waals surface area (Å²) < 4.78 is 28.7. The number of fused-ring (bicyclic) bond motifs is 1. The summed E-state index contributed by atoms with van der Waals surface area (Å²) in [7, 11) is -3.66. The Balaban J connectivity index is 1.52. The Morgan fingerprint density at radius 1 is 1.19 bits per heavy atom. The monoisotopic (exact) mass is 438 g/mol. The molecule has 1 amide bonds. The molecule has 0 fully saturated rings. The maximum absolute atomic E-state index is 12.9. The lowest BCUT2D eigenvalue weighted by Gasteiger charge is -2.17. The average Bonchev–Trinajstić information content (AvgIpc) is 3.37. The van der Waals surface area contributed by atoms with Crippen LogP contribution >= 0.6 is 0 Å². The molecule has 4 rings (SSSR count). The van der Waals surface area contributed by atoms with Gasteiger partial charge in [0.2, 0.25) is 5.91 Å². The van der Waals surface area contributed by atoms with Gasteiger partial charge >= 0.3 is 0 Å². The van der Waals surface area contributed by atoms with Gasteiger partial charge < -0.3 is 5.32 Å². The molecule has 2 aromatic heterocycles. The van der Waals surface area contributed by atoms with E-state index in [0.29, 0.717) is 11.4 Å². The molecule has 0 saturated heterocycles. The molecule has 31 heavy (non-hydrogen) atoms. The number of carbonyl (C=O) groups excluding carboxylic acids is 1. The Morgan fingerprint density at radius 3 is 2.74 bits per heavy atom. The van der Waals surface area contributed by atoms with Gasteiger partial charge in [0.05, 0.1) is 4.90 Å². The molecule has 0 aliphatic carbocycles. The van der Waals surface area contributed by atoms with Crippen molar-refractivity contribution in [3.05, 3.63) is 72.2 Å². The van der Waals surface area contributed by atoms with Crippen LogP contribution in [0.15, 0.2) is 70.9 Å². The number of amides is 1. The van der Waals surface area contributed by atoms with Gasteiger partial charge in [0.15, 0.2) is 5.82 Å². The molecule has 1 atom stereocenters. The number of amidine groups is 1. The molecular weight excluding hydrogens is 416 g/mol. The fourth-order valence-electron chi connectivity index (χ4n) is 3.27. The second kappa shape index (κ2) is 8.31. The topological polar surface area (TPSA) is 118 Å². The third kappa shape index (κ3) is 4.33. The number of aliphatic imine (C=N–C) groups is 1. The van der Waals surface area contributed by atoms with Gasteiger partial charge in [-0.3, -0.25) is 14.5 Å². The van der Waals surface area contributed by atoms with Crippen molar-refractivity contribution < 1.29 is 13.2 Å². The largest absolute Gasteiger partial charge is 0.350 e. The highest BCUT2D eigenvalue weighted by Gasteiger charge is 2.32. The maximum atomic E-state index is 12.9. The van der Waals surface area contributed by atoms with Crippen LogP contribution in [0.1, 0.15) is 25.0 Å². The summed E-state index contributed by atoms with van der Waals surface area (Å²) in [5, 5.41) is 7.05. The van der Waals surface area contributed by atoms with Crippen molar-refractivity contribution >= 4 is 21.8 Å². The Kier molecular flexibility index (Phi) is 5.55. The van der Waals surface area contributed by atoms with E-state index < -0.39 is 16.1 Å². The zero-order valence-electron chi connectivity index (χ0n) is 17.1. The van der Waals surface area contributed by atoms with Crippen LogP contribution in [0, 0.1) is 5.92 Å². The predicted octanol–water partition coefficient (Wildman–Crippen LogP) is 1.65. The predicted molar refractivity (Wildman–Crippen MR) is 115 cm³/mol. The molecule has 3 heterocycles. The van der Waals surface area contributed by atoms with Crippen LogP contribution in [0.25, 0.3) is 5.82 Å². The summed E-state index contributed by atoms with van der Waals surface area (Å²) in [5.41, 5.74) is 1.33. The van der Waals surface area contributed by atoms with E-state index in [1.54, 1.807) is 47.5 Å². The molecular formula is C21H22N6O3S. The van der Waals surface area contributed by atoms with E-state index in [0.717, 1.165) is 5.56 Å². The molecule has 0 bridgehead atoms. The molecule has 1 aromatic carbocycles. The summed E-state index contributed by atoms with van der Waals surface area (Å²) in [4.78, 5) is 21.8. The molecule has 0 saturated carbocycles. The van der Waals surface area contributed by atoms with E-state index in [2.05, 4.69) is 25.1 Å². The highest BCUT2D eigenvalue weighted by atomic mass is 32.2. The Bertz CT molecular complexity index is 1240. The second-order valence-electron chi connectivity index (χ2n) is 7.46. The van der Waals surface area contributed by atoms with Crippen molar-refractivity contribution in [2.24, 2.45) is 10.9 Å². The maximum Gasteiger partial charge on any atom is 0.263 e. The summed E-state index contributed by atoms with van der Waals surface area (Å²) in [6.45, 7) is 4.02. The third-order valence-electron chi connectivity index (χ3n) is 4.85. The number of benzene rings is 1. The van der Waals surface area contributed by atoms with E-state index >= 15 is 0 Å². The van der Waals surface area contributed by atoms with Gasteiger partial charge in [-0.05, 0) is 41.8 Å². The van der Waals surface area contributed by atoms with E-state index in [9.17, 15) is 13.2 Å². The average molecular weight is 439 g/mol. The van der Waals surface area contributed by atoms with Crippen molar-refractivity contribution in [2.45, 2.75) is 31.3 Å². The van der Waals surface area contributed by atoms with Gasteiger partial charge in [-0.15, -0.1) is 0 Å². The number of pyridine rings is 1. The first-order valence-electron chi connectivity index (χ1n) is 9.78. The van der Waals surface area contributed by atoms with Crippen LogP contribution < -0.4 is 10.0 Å². The second-order valence-corrected chi connectivity index (χ2v) is 9.11. The van der Waals surface area contributed by atoms with E-state index in [1.807, 2.05) is 26.0 Å². The number of nitrogens with zero attached hydrogens (tertiary/aromatic N) is 4. The molecule has 9 nitrogen and oxygen atoms in total. The molecule has 3 aromatic rings. The Labute approximate surface area is 180 Å². The molecule has 160 valence electrons. The Morgan fingerprint density at radius 2 is 2.00 bits per heavy atom. The quantitative estimate of drug-likeness (QED) is 0.607. The van der Waals surface area contributed by atoms with Crippen molar-refractivity contribution in [2.75, 3.05) is 0 Å². The van der Waals surface area contributed by atoms with Crippen molar-refractivity contribution in [3.8, 4) is 5.82 Å². The smallest absolute Gasteiger partial charge is 0.263 e. The van der Waals surface area contributed by atoms with E-state index in [1.165, 1.54) is 6.07 Å². The summed E-state index contributed by atoms with van der Waals surface area (Å²) in [5.74, 6) is 0.411. The number of hydrogen-bond acceptors (Lipinski definition) is 6. The molecule has 1 aliphatic rings. The fraction of sp³-hybridized carbons (Fsp3) is 0.238. The Hall–Kier alpha value is -3.53. The lowest BCUT2D eigenvalue weighted by molar-refractivity contribution is -0.123. The zero-order chi connectivity index (χ0) is 22.0. The minimum atomic E-state index is -3.66. The minimum Gasteiger partial charge on any atom is -0.350 e. The standard InChI is InChI=1S/C21H22N6O3S/c1-14(2)19(25-20-16-6-3-4-7-17(16)31(29,30)26-20)21(28)23-13-15-8-10-22-18(12-15)27-11-5-9-24-27/h3-12,14,19H,13H2,1-2H3,(H,23,28)(H,25,26)/t19-/m0/s1. The highest BCUT2D eigenvalue weighted by molar-refractivity contribution is 7.90. The summed E-state index contributed by atoms with van der Waals surface area (Å²) in [6.07, 6.45) is 5.11. The minimum absolute atomic E-state index is 0.137. The molecule has 0 radical (unpaired) electrons. The highest BCUT2D eigenvalue weighted by Crippen LogP contribution is 2.23. The third-order valence-corrected chi connectivity index (χ3v) is 6.24. The molecule has 10 heteroatoms. The van der Waals surface area contributed by atoms with Crippen molar-refractivity contribution in [1.82, 2.24) is 24.8 Å².